The van der Waals surface area contributed by atoms with Gasteiger partial charge in [0.1, 0.15) is 5.75 Å². The normalized spacial score (nSPS) is 19.8. The maximum atomic E-state index is 13.1. The summed E-state index contributed by atoms with van der Waals surface area (Å²) in [6, 6.07) is 6.29. The van der Waals surface area contributed by atoms with Gasteiger partial charge in [0.15, 0.2) is 0 Å². The highest BCUT2D eigenvalue weighted by molar-refractivity contribution is 5.95. The Morgan fingerprint density at radius 3 is 2.39 bits per heavy atom. The monoisotopic (exact) mass is 459 g/mol. The van der Waals surface area contributed by atoms with Gasteiger partial charge >= 0.3 is 18.0 Å². The van der Waals surface area contributed by atoms with E-state index in [-0.39, 0.29) is 24.5 Å². The van der Waals surface area contributed by atoms with Crippen molar-refractivity contribution < 1.29 is 28.6 Å². The molecule has 2 aliphatic heterocycles. The summed E-state index contributed by atoms with van der Waals surface area (Å²) in [6.45, 7) is 5.87. The van der Waals surface area contributed by atoms with Crippen LogP contribution in [0.4, 0.5) is 4.79 Å². The van der Waals surface area contributed by atoms with E-state index in [2.05, 4.69) is 10.2 Å². The molecule has 0 spiro atoms. The van der Waals surface area contributed by atoms with Crippen LogP contribution < -0.4 is 10.1 Å². The van der Waals surface area contributed by atoms with Gasteiger partial charge in [-0.15, -0.1) is 0 Å². The van der Waals surface area contributed by atoms with E-state index >= 15 is 0 Å². The standard InChI is InChI=1S/C24H33N3O6/c1-5-32-22(28)16-11-13-27(14-12-16)15-18-20(23(29)33-6-2)21(25-24(30)26(18)3)17-9-7-8-10-19(17)31-4/h7-10,16,21H,5-6,11-15H2,1-4H3,(H,25,30). The Hall–Kier alpha value is -3.07. The summed E-state index contributed by atoms with van der Waals surface area (Å²) in [5, 5.41) is 2.92. The number of carbonyl (C=O) groups excluding carboxylic acids is 3. The molecule has 1 fully saturated rings. The number of benzene rings is 1. The lowest BCUT2D eigenvalue weighted by molar-refractivity contribution is -0.149. The van der Waals surface area contributed by atoms with Crippen LogP contribution in [0.3, 0.4) is 0 Å². The summed E-state index contributed by atoms with van der Waals surface area (Å²) in [7, 11) is 3.20. The second-order valence-corrected chi connectivity index (χ2v) is 8.07. The molecule has 0 aliphatic carbocycles. The molecule has 33 heavy (non-hydrogen) atoms. The van der Waals surface area contributed by atoms with Gasteiger partial charge in [-0.3, -0.25) is 14.6 Å². The molecule has 2 heterocycles. The van der Waals surface area contributed by atoms with Crippen molar-refractivity contribution in [3.8, 4) is 5.75 Å². The SMILES string of the molecule is CCOC(=O)C1=C(CN2CCC(C(=O)OCC)CC2)N(C)C(=O)NC1c1ccccc1OC. The first-order valence-corrected chi connectivity index (χ1v) is 11.4. The molecule has 0 bridgehead atoms. The van der Waals surface area contributed by atoms with Gasteiger partial charge in [-0.25, -0.2) is 9.59 Å². The number of hydrogen-bond donors (Lipinski definition) is 1. The van der Waals surface area contributed by atoms with Crippen LogP contribution in [-0.2, 0) is 19.1 Å². The summed E-state index contributed by atoms with van der Waals surface area (Å²) in [6.07, 6.45) is 1.35. The number of para-hydroxylation sites is 1. The lowest BCUT2D eigenvalue weighted by atomic mass is 9.92. The molecular weight excluding hydrogens is 426 g/mol. The molecule has 1 aromatic rings. The Balaban J connectivity index is 1.93. The van der Waals surface area contributed by atoms with E-state index in [1.54, 1.807) is 34.1 Å². The van der Waals surface area contributed by atoms with Gasteiger partial charge < -0.3 is 19.5 Å². The highest BCUT2D eigenvalue weighted by Crippen LogP contribution is 2.36. The molecule has 1 N–H and O–H groups in total. The molecule has 9 heteroatoms. The molecule has 1 unspecified atom stereocenters. The zero-order valence-corrected chi connectivity index (χ0v) is 19.8. The average molecular weight is 460 g/mol. The van der Waals surface area contributed by atoms with Crippen molar-refractivity contribution in [2.75, 3.05) is 47.0 Å². The highest BCUT2D eigenvalue weighted by Gasteiger charge is 2.39. The van der Waals surface area contributed by atoms with Crippen molar-refractivity contribution in [1.29, 1.82) is 0 Å². The number of hydrogen-bond acceptors (Lipinski definition) is 7. The Bertz CT molecular complexity index is 907. The molecule has 1 aromatic carbocycles. The zero-order valence-electron chi connectivity index (χ0n) is 19.8. The fourth-order valence-corrected chi connectivity index (χ4v) is 4.33. The van der Waals surface area contributed by atoms with Gasteiger partial charge in [-0.2, -0.15) is 0 Å². The van der Waals surface area contributed by atoms with E-state index in [0.717, 1.165) is 0 Å². The van der Waals surface area contributed by atoms with E-state index in [1.807, 2.05) is 18.2 Å². The number of carbonyl (C=O) groups is 3. The molecule has 0 saturated carbocycles. The number of likely N-dealkylation sites (tertiary alicyclic amines) is 1. The molecule has 180 valence electrons. The third-order valence-electron chi connectivity index (χ3n) is 6.10. The van der Waals surface area contributed by atoms with Crippen molar-refractivity contribution >= 4 is 18.0 Å². The minimum absolute atomic E-state index is 0.117. The van der Waals surface area contributed by atoms with Crippen molar-refractivity contribution in [1.82, 2.24) is 15.1 Å². The molecule has 1 saturated heterocycles. The number of ether oxygens (including phenoxy) is 3. The smallest absolute Gasteiger partial charge is 0.338 e. The summed E-state index contributed by atoms with van der Waals surface area (Å²) in [5.41, 5.74) is 1.65. The van der Waals surface area contributed by atoms with Crippen LogP contribution in [0.15, 0.2) is 35.5 Å². The minimum Gasteiger partial charge on any atom is -0.496 e. The number of urea groups is 1. The molecule has 9 nitrogen and oxygen atoms in total. The second kappa shape index (κ2) is 11.2. The average Bonchev–Trinajstić information content (AvgIpc) is 2.82. The van der Waals surface area contributed by atoms with Gasteiger partial charge in [0, 0.05) is 24.9 Å². The van der Waals surface area contributed by atoms with Crippen LogP contribution in [-0.4, -0.2) is 74.8 Å². The summed E-state index contributed by atoms with van der Waals surface area (Å²) < 4.78 is 16.0. The first-order chi connectivity index (χ1) is 15.9. The number of rotatable bonds is 8. The maximum absolute atomic E-state index is 13.1. The van der Waals surface area contributed by atoms with Crippen molar-refractivity contribution in [3.05, 3.63) is 41.1 Å². The molecule has 3 rings (SSSR count). The van der Waals surface area contributed by atoms with E-state index < -0.39 is 12.0 Å². The van der Waals surface area contributed by atoms with Crippen LogP contribution in [0, 0.1) is 5.92 Å². The predicted octanol–water partition coefficient (Wildman–Crippen LogP) is 2.48. The predicted molar refractivity (Wildman–Crippen MR) is 121 cm³/mol. The van der Waals surface area contributed by atoms with Gasteiger partial charge in [0.25, 0.3) is 0 Å². The lowest BCUT2D eigenvalue weighted by Gasteiger charge is -2.38. The molecule has 2 amide bonds. The highest BCUT2D eigenvalue weighted by atomic mass is 16.5. The number of nitrogens with one attached hydrogen (secondary N) is 1. The van der Waals surface area contributed by atoms with E-state index in [0.29, 0.717) is 61.7 Å². The molecular formula is C24H33N3O6. The van der Waals surface area contributed by atoms with E-state index in [4.69, 9.17) is 14.2 Å². The van der Waals surface area contributed by atoms with Crippen molar-refractivity contribution in [3.63, 3.8) is 0 Å². The van der Waals surface area contributed by atoms with Crippen LogP contribution in [0.25, 0.3) is 0 Å². The number of likely N-dealkylation sites (N-methyl/N-ethyl adjacent to an activating group) is 1. The van der Waals surface area contributed by atoms with Crippen LogP contribution in [0.5, 0.6) is 5.75 Å². The Morgan fingerprint density at radius 1 is 1.09 bits per heavy atom. The number of piperidine rings is 1. The Morgan fingerprint density at radius 2 is 1.76 bits per heavy atom. The van der Waals surface area contributed by atoms with E-state index in [1.165, 1.54) is 4.90 Å². The third-order valence-corrected chi connectivity index (χ3v) is 6.10. The van der Waals surface area contributed by atoms with Gasteiger partial charge in [-0.05, 0) is 45.8 Å². The lowest BCUT2D eigenvalue weighted by Crippen LogP contribution is -2.50. The minimum atomic E-state index is -0.698. The van der Waals surface area contributed by atoms with Crippen LogP contribution in [0.1, 0.15) is 38.3 Å². The van der Waals surface area contributed by atoms with Crippen LogP contribution in [0.2, 0.25) is 0 Å². The second-order valence-electron chi connectivity index (χ2n) is 8.07. The third kappa shape index (κ3) is 5.47. The fourth-order valence-electron chi connectivity index (χ4n) is 4.33. The maximum Gasteiger partial charge on any atom is 0.338 e. The van der Waals surface area contributed by atoms with E-state index in [9.17, 15) is 14.4 Å². The zero-order chi connectivity index (χ0) is 24.0. The molecule has 1 atom stereocenters. The quantitative estimate of drug-likeness (QED) is 0.597. The number of esters is 2. The Labute approximate surface area is 194 Å². The first-order valence-electron chi connectivity index (χ1n) is 11.4. The molecule has 0 aromatic heterocycles. The topological polar surface area (TPSA) is 97.4 Å². The summed E-state index contributed by atoms with van der Waals surface area (Å²) in [5.74, 6) is -0.178. The Kier molecular flexibility index (Phi) is 8.32. The fraction of sp³-hybridized carbons (Fsp3) is 0.542. The molecule has 2 aliphatic rings. The van der Waals surface area contributed by atoms with Crippen molar-refractivity contribution in [2.45, 2.75) is 32.7 Å². The number of nitrogens with zero attached hydrogens (tertiary/aromatic N) is 2. The summed E-state index contributed by atoms with van der Waals surface area (Å²) in [4.78, 5) is 41.7. The number of amides is 2. The van der Waals surface area contributed by atoms with Crippen LogP contribution >= 0.6 is 0 Å². The first kappa shape index (κ1) is 24.6. The largest absolute Gasteiger partial charge is 0.496 e. The van der Waals surface area contributed by atoms with Gasteiger partial charge in [0.2, 0.25) is 0 Å². The number of methoxy groups -OCH3 is 1. The molecule has 0 radical (unpaired) electrons. The van der Waals surface area contributed by atoms with Crippen molar-refractivity contribution in [2.24, 2.45) is 5.92 Å². The summed E-state index contributed by atoms with van der Waals surface area (Å²) >= 11 is 0. The van der Waals surface area contributed by atoms with Gasteiger partial charge in [-0.1, -0.05) is 18.2 Å². The van der Waals surface area contributed by atoms with Gasteiger partial charge in [0.05, 0.1) is 37.9 Å².